The summed E-state index contributed by atoms with van der Waals surface area (Å²) < 4.78 is 25.4. The van der Waals surface area contributed by atoms with Crippen molar-refractivity contribution < 1.29 is 18.7 Å². The van der Waals surface area contributed by atoms with Crippen LogP contribution in [-0.4, -0.2) is 25.1 Å². The van der Waals surface area contributed by atoms with E-state index in [2.05, 4.69) is 5.43 Å². The molecule has 5 nitrogen and oxygen atoms in total. The summed E-state index contributed by atoms with van der Waals surface area (Å²) in [5.74, 6) is 0.0146. The fraction of sp³-hybridized carbons (Fsp3) is 0.160. The lowest BCUT2D eigenvalue weighted by molar-refractivity contribution is 0.0665. The molecule has 0 aliphatic carbocycles. The Labute approximate surface area is 180 Å². The molecular formula is C25H23FN2O3. The monoisotopic (exact) mass is 418 g/mol. The number of hydrogen-bond donors (Lipinski definition) is 1. The van der Waals surface area contributed by atoms with Crippen LogP contribution in [0.2, 0.25) is 0 Å². The summed E-state index contributed by atoms with van der Waals surface area (Å²) in [4.78, 5) is 13.4. The van der Waals surface area contributed by atoms with Crippen LogP contribution in [0.15, 0.2) is 72.8 Å². The van der Waals surface area contributed by atoms with Gasteiger partial charge in [-0.2, -0.15) is 0 Å². The van der Waals surface area contributed by atoms with Gasteiger partial charge in [0.1, 0.15) is 11.9 Å². The quantitative estimate of drug-likeness (QED) is 0.641. The number of benzene rings is 3. The zero-order chi connectivity index (χ0) is 22.0. The molecule has 0 spiro atoms. The van der Waals surface area contributed by atoms with Gasteiger partial charge in [-0.15, -0.1) is 0 Å². The van der Waals surface area contributed by atoms with Crippen molar-refractivity contribution in [3.05, 3.63) is 101 Å². The topological polar surface area (TPSA) is 50.8 Å². The Morgan fingerprint density at radius 3 is 2.39 bits per heavy atom. The molecule has 0 aromatic heterocycles. The van der Waals surface area contributed by atoms with Crippen LogP contribution in [0.4, 0.5) is 4.39 Å². The third-order valence-electron chi connectivity index (χ3n) is 5.28. The van der Waals surface area contributed by atoms with Crippen LogP contribution in [0.25, 0.3) is 5.70 Å². The third-order valence-corrected chi connectivity index (χ3v) is 5.28. The summed E-state index contributed by atoms with van der Waals surface area (Å²) >= 11 is 0. The molecule has 0 saturated carbocycles. The van der Waals surface area contributed by atoms with E-state index in [0.29, 0.717) is 11.5 Å². The molecule has 0 fully saturated rings. The predicted octanol–water partition coefficient (Wildman–Crippen LogP) is 4.89. The number of halogens is 1. The van der Waals surface area contributed by atoms with Gasteiger partial charge in [-0.25, -0.2) is 9.40 Å². The van der Waals surface area contributed by atoms with Gasteiger partial charge in [-0.3, -0.25) is 10.2 Å². The first kappa shape index (κ1) is 20.5. The van der Waals surface area contributed by atoms with Crippen molar-refractivity contribution in [3.8, 4) is 11.5 Å². The van der Waals surface area contributed by atoms with Gasteiger partial charge in [0.05, 0.1) is 25.5 Å². The number of carbonyl (C=O) groups excluding carboxylic acids is 1. The van der Waals surface area contributed by atoms with Crippen LogP contribution < -0.4 is 14.9 Å². The molecule has 1 amide bonds. The van der Waals surface area contributed by atoms with Crippen molar-refractivity contribution in [3.63, 3.8) is 0 Å². The average Bonchev–Trinajstić information content (AvgIpc) is 3.24. The van der Waals surface area contributed by atoms with Gasteiger partial charge in [0.25, 0.3) is 5.91 Å². The molecule has 3 aromatic carbocycles. The molecule has 1 aliphatic heterocycles. The van der Waals surface area contributed by atoms with Crippen molar-refractivity contribution in [1.29, 1.82) is 0 Å². The summed E-state index contributed by atoms with van der Waals surface area (Å²) in [7, 11) is 3.11. The minimum absolute atomic E-state index is 0.0135. The number of nitrogens with zero attached hydrogens (tertiary/aromatic N) is 1. The van der Waals surface area contributed by atoms with Gasteiger partial charge in [-0.05, 0) is 36.8 Å². The van der Waals surface area contributed by atoms with E-state index in [1.54, 1.807) is 32.4 Å². The summed E-state index contributed by atoms with van der Waals surface area (Å²) in [6.45, 7) is 2.01. The van der Waals surface area contributed by atoms with E-state index in [0.717, 1.165) is 22.4 Å². The summed E-state index contributed by atoms with van der Waals surface area (Å²) in [5, 5.41) is 1.42. The first-order chi connectivity index (χ1) is 15.0. The number of amides is 1. The molecule has 4 rings (SSSR count). The molecule has 1 atom stereocenters. The molecule has 0 unspecified atom stereocenters. The van der Waals surface area contributed by atoms with Gasteiger partial charge in [-0.1, -0.05) is 54.1 Å². The highest BCUT2D eigenvalue weighted by molar-refractivity contribution is 5.96. The van der Waals surface area contributed by atoms with Gasteiger partial charge < -0.3 is 9.47 Å². The lowest BCUT2D eigenvalue weighted by Gasteiger charge is -2.27. The Morgan fingerprint density at radius 2 is 1.71 bits per heavy atom. The molecule has 1 aliphatic rings. The van der Waals surface area contributed by atoms with E-state index in [1.165, 1.54) is 17.1 Å². The predicted molar refractivity (Wildman–Crippen MR) is 117 cm³/mol. The van der Waals surface area contributed by atoms with Crippen molar-refractivity contribution in [1.82, 2.24) is 10.4 Å². The summed E-state index contributed by atoms with van der Waals surface area (Å²) in [6, 6.07) is 18.9. The normalized spacial score (nSPS) is 15.3. The highest BCUT2D eigenvalue weighted by Crippen LogP contribution is 2.41. The molecule has 31 heavy (non-hydrogen) atoms. The number of aryl methyl sites for hydroxylation is 1. The van der Waals surface area contributed by atoms with Crippen LogP contribution >= 0.6 is 0 Å². The zero-order valence-corrected chi connectivity index (χ0v) is 17.6. The number of hydrogen-bond acceptors (Lipinski definition) is 4. The van der Waals surface area contributed by atoms with Crippen LogP contribution in [0.3, 0.4) is 0 Å². The number of nitrogens with one attached hydrogen (secondary N) is 1. The van der Waals surface area contributed by atoms with Crippen molar-refractivity contribution in [2.45, 2.75) is 13.0 Å². The number of para-hydroxylation sites is 1. The first-order valence-electron chi connectivity index (χ1n) is 9.88. The van der Waals surface area contributed by atoms with Crippen LogP contribution in [0, 0.1) is 12.7 Å². The Kier molecular flexibility index (Phi) is 5.62. The Hall–Kier alpha value is -3.80. The van der Waals surface area contributed by atoms with Crippen molar-refractivity contribution in [2.24, 2.45) is 0 Å². The highest BCUT2D eigenvalue weighted by Gasteiger charge is 2.34. The van der Waals surface area contributed by atoms with Crippen LogP contribution in [-0.2, 0) is 0 Å². The Bertz CT molecular complexity index is 1140. The highest BCUT2D eigenvalue weighted by atomic mass is 19.1. The molecule has 0 saturated heterocycles. The zero-order valence-electron chi connectivity index (χ0n) is 17.6. The molecular weight excluding hydrogens is 395 g/mol. The summed E-state index contributed by atoms with van der Waals surface area (Å²) in [6.07, 6.45) is 1.93. The second-order valence-electron chi connectivity index (χ2n) is 7.24. The smallest absolute Gasteiger partial charge is 0.276 e. The van der Waals surface area contributed by atoms with Gasteiger partial charge >= 0.3 is 0 Å². The lowest BCUT2D eigenvalue weighted by atomic mass is 10.0. The lowest BCUT2D eigenvalue weighted by Crippen LogP contribution is -2.40. The van der Waals surface area contributed by atoms with E-state index in [9.17, 15) is 9.18 Å². The van der Waals surface area contributed by atoms with E-state index in [1.807, 2.05) is 49.4 Å². The van der Waals surface area contributed by atoms with Crippen molar-refractivity contribution in [2.75, 3.05) is 14.2 Å². The van der Waals surface area contributed by atoms with Gasteiger partial charge in [0.15, 0.2) is 11.5 Å². The fourth-order valence-corrected chi connectivity index (χ4v) is 3.68. The molecule has 0 bridgehead atoms. The fourth-order valence-electron chi connectivity index (χ4n) is 3.68. The van der Waals surface area contributed by atoms with Gasteiger partial charge in [0, 0.05) is 5.56 Å². The second kappa shape index (κ2) is 8.52. The number of carbonyl (C=O) groups is 1. The van der Waals surface area contributed by atoms with Gasteiger partial charge in [0.2, 0.25) is 0 Å². The van der Waals surface area contributed by atoms with E-state index < -0.39 is 17.8 Å². The molecule has 0 radical (unpaired) electrons. The summed E-state index contributed by atoms with van der Waals surface area (Å²) in [5.41, 5.74) is 6.68. The number of methoxy groups -OCH3 is 2. The molecule has 3 aromatic rings. The minimum atomic E-state index is -0.575. The standard InChI is InChI=1S/C25H23FN2O3/c1-16-11-13-17(14-12-16)21-15-22(19-8-6-10-23(30-2)24(19)31-3)28(27-21)25(29)18-7-4-5-9-20(18)26/h4-15,22,27H,1-3H3/t22-/m1/s1. The average molecular weight is 418 g/mol. The SMILES string of the molecule is COc1cccc([C@H]2C=C(c3ccc(C)cc3)NN2C(=O)c2ccccc2F)c1OC. The number of hydrazine groups is 1. The van der Waals surface area contributed by atoms with Crippen molar-refractivity contribution >= 4 is 11.6 Å². The molecule has 1 N–H and O–H groups in total. The molecule has 158 valence electrons. The van der Waals surface area contributed by atoms with E-state index in [-0.39, 0.29) is 5.56 Å². The van der Waals surface area contributed by atoms with E-state index in [4.69, 9.17) is 9.47 Å². The second-order valence-corrected chi connectivity index (χ2v) is 7.24. The third kappa shape index (κ3) is 3.84. The van der Waals surface area contributed by atoms with Crippen LogP contribution in [0.1, 0.15) is 33.1 Å². The molecule has 6 heteroatoms. The Morgan fingerprint density at radius 1 is 0.968 bits per heavy atom. The number of ether oxygens (including phenoxy) is 2. The first-order valence-corrected chi connectivity index (χ1v) is 9.88. The largest absolute Gasteiger partial charge is 0.493 e. The molecule has 1 heterocycles. The maximum Gasteiger partial charge on any atom is 0.276 e. The van der Waals surface area contributed by atoms with Crippen LogP contribution in [0.5, 0.6) is 11.5 Å². The number of rotatable bonds is 5. The van der Waals surface area contributed by atoms with E-state index >= 15 is 0 Å². The maximum absolute atomic E-state index is 14.4. The Balaban J connectivity index is 1.82. The maximum atomic E-state index is 14.4. The minimum Gasteiger partial charge on any atom is -0.493 e.